The maximum absolute atomic E-state index is 9.63. The van der Waals surface area contributed by atoms with Crippen LogP contribution < -0.4 is 0 Å². The van der Waals surface area contributed by atoms with Crippen LogP contribution in [0.15, 0.2) is 0 Å². The molecule has 5 heavy (non-hydrogen) atoms. The smallest absolute Gasteiger partial charge is 0 e. The number of halogens is 1. The third-order valence-corrected chi connectivity index (χ3v) is 0. The van der Waals surface area contributed by atoms with Gasteiger partial charge in [-0.2, -0.15) is 0 Å². The van der Waals surface area contributed by atoms with Crippen LogP contribution in [0.4, 0.5) is 1.92 Å². The van der Waals surface area contributed by atoms with Crippen LogP contribution in [0.5, 0.6) is 0 Å². The fourth-order valence-electron chi connectivity index (χ4n) is 0. The predicted octanol–water partition coefficient (Wildman–Crippen LogP) is -0.231. The number of hydrogen-bond donors (Lipinski definition) is 0. The average Bonchev–Trinajstić information content (AvgIpc) is 1.00. The summed E-state index contributed by atoms with van der Waals surface area (Å²) in [4.78, 5) is 0. The van der Waals surface area contributed by atoms with E-state index in [4.69, 9.17) is 0 Å². The Morgan fingerprint density at radius 1 is 1.20 bits per heavy atom. The zero-order valence-corrected chi connectivity index (χ0v) is 7.92. The Morgan fingerprint density at radius 2 is 1.20 bits per heavy atom. The first kappa shape index (κ1) is 22.6. The normalized spacial score (nSPS) is 0.800. The molecule has 38 valence electrons. The van der Waals surface area contributed by atoms with Gasteiger partial charge >= 0.3 is 63.1 Å². The van der Waals surface area contributed by atoms with E-state index >= 15 is 0 Å². The van der Waals surface area contributed by atoms with Crippen molar-refractivity contribution in [3.8, 4) is 0 Å². The van der Waals surface area contributed by atoms with E-state index < -0.39 is 0 Å². The Hall–Kier alpha value is 4.80. The minimum Gasteiger partial charge on any atom is 0 e. The largest absolute Gasteiger partial charge is 0 e. The fourth-order valence-corrected chi connectivity index (χ4v) is 0. The summed E-state index contributed by atoms with van der Waals surface area (Å²) >= 11 is -0.150. The Morgan fingerprint density at radius 3 is 1.20 bits per heavy atom. The second-order valence-corrected chi connectivity index (χ2v) is 0. The Kier molecular flexibility index (Phi) is 105. The van der Waals surface area contributed by atoms with Crippen LogP contribution in [-0.2, 0) is 31.7 Å². The van der Waals surface area contributed by atoms with Crippen LogP contribution in [0.2, 0.25) is 0 Å². The molecule has 0 aromatic carbocycles. The molecular formula is HErFNaYYb. The summed E-state index contributed by atoms with van der Waals surface area (Å²) in [5.74, 6) is 0. The van der Waals surface area contributed by atoms with Crippen LogP contribution >= 0.6 is 0 Å². The van der Waals surface area contributed by atoms with Crippen molar-refractivity contribution in [1.29, 1.82) is 0 Å². The van der Waals surface area contributed by atoms with Crippen LogP contribution in [0.25, 0.3) is 0 Å². The molecule has 5 heteroatoms. The van der Waals surface area contributed by atoms with Crippen molar-refractivity contribution in [2.24, 2.45) is 0 Å². The minimum absolute atomic E-state index is 0. The van der Waals surface area contributed by atoms with Gasteiger partial charge in [-0.25, -0.2) is 0 Å². The van der Waals surface area contributed by atoms with Gasteiger partial charge in [0, 0.05) is 84.2 Å². The summed E-state index contributed by atoms with van der Waals surface area (Å²) in [5.41, 5.74) is 0. The van der Waals surface area contributed by atoms with Crippen molar-refractivity contribution >= 4 is 29.6 Å². The van der Waals surface area contributed by atoms with Crippen molar-refractivity contribution in [2.45, 2.75) is 0 Å². The molecule has 0 aliphatic carbocycles. The fraction of sp³-hybridized carbons (Fsp3) is 0. The number of hydrogen-bond acceptors (Lipinski definition) is 0. The van der Waals surface area contributed by atoms with E-state index in [1.54, 1.807) is 0 Å². The van der Waals surface area contributed by atoms with Gasteiger partial charge in [0.2, 0.25) is 0 Å². The van der Waals surface area contributed by atoms with Gasteiger partial charge in [-0.15, -0.1) is 0 Å². The van der Waals surface area contributed by atoms with Crippen molar-refractivity contribution < 1.29 is 118 Å². The first-order valence-corrected chi connectivity index (χ1v) is 1.29. The second kappa shape index (κ2) is 23.2. The molecule has 0 nitrogen and oxygen atoms in total. The Balaban J connectivity index is -0.00000000167. The molecule has 0 aromatic rings. The van der Waals surface area contributed by atoms with E-state index in [1.807, 2.05) is 0 Å². The van der Waals surface area contributed by atoms with Crippen LogP contribution in [0, 0.1) is 84.2 Å². The molecule has 0 saturated heterocycles. The van der Waals surface area contributed by atoms with Crippen molar-refractivity contribution in [2.75, 3.05) is 0 Å². The molecular weight excluding hydrogens is 471 g/mol. The topological polar surface area (TPSA) is 0 Å². The molecule has 0 radical (unpaired) electrons. The molecule has 0 rings (SSSR count). The van der Waals surface area contributed by atoms with Gasteiger partial charge in [-0.05, 0) is 0 Å². The molecule has 0 unspecified atom stereocenters. The summed E-state index contributed by atoms with van der Waals surface area (Å²) < 4.78 is 9.63. The van der Waals surface area contributed by atoms with E-state index in [9.17, 15) is 1.92 Å². The molecule has 0 amide bonds. The summed E-state index contributed by atoms with van der Waals surface area (Å²) in [5, 5.41) is 0. The van der Waals surface area contributed by atoms with Crippen molar-refractivity contribution in [3.63, 3.8) is 0 Å². The summed E-state index contributed by atoms with van der Waals surface area (Å²) in [6.07, 6.45) is 0. The van der Waals surface area contributed by atoms with Crippen molar-refractivity contribution in [3.05, 3.63) is 0 Å². The van der Waals surface area contributed by atoms with E-state index in [-0.39, 0.29) is 145 Å². The first-order valence-electron chi connectivity index (χ1n) is 0.218. The maximum Gasteiger partial charge on any atom is 0 e. The van der Waals surface area contributed by atoms with Crippen LogP contribution in [0.3, 0.4) is 0 Å². The quantitative estimate of drug-likeness (QED) is 0.428. The molecule has 0 fully saturated rings. The monoisotopic (exact) mass is 472 g/mol. The molecule has 0 heterocycles. The third-order valence-electron chi connectivity index (χ3n) is 0. The van der Waals surface area contributed by atoms with Gasteiger partial charge in [-0.3, -0.25) is 0 Å². The standard InChI is InChI=1S/Er.FH.Na.Y.Yb.H/h;1H;;;;/q;;;+1;;/p-1. The van der Waals surface area contributed by atoms with Gasteiger partial charge in [-0.1, -0.05) is 0 Å². The van der Waals surface area contributed by atoms with E-state index in [1.165, 1.54) is 0 Å². The van der Waals surface area contributed by atoms with Gasteiger partial charge in [0.1, 0.15) is 0 Å². The number of rotatable bonds is 0. The van der Waals surface area contributed by atoms with E-state index in [0.29, 0.717) is 0 Å². The molecule has 0 atom stereocenters. The maximum atomic E-state index is 9.63. The van der Waals surface area contributed by atoms with E-state index in [2.05, 4.69) is 0 Å². The van der Waals surface area contributed by atoms with E-state index in [0.717, 1.165) is 0 Å². The minimum atomic E-state index is -0.150. The SMILES string of the molecule is [Er].[F][Y].[NaH].[Yb]. The van der Waals surface area contributed by atoms with Crippen molar-refractivity contribution in [1.82, 2.24) is 0 Å². The average molecular weight is 472 g/mol. The zero-order chi connectivity index (χ0) is 2.00. The summed E-state index contributed by atoms with van der Waals surface area (Å²) in [6, 6.07) is 0. The molecule has 0 N–H and O–H groups in total. The summed E-state index contributed by atoms with van der Waals surface area (Å²) in [6.45, 7) is 0. The van der Waals surface area contributed by atoms with Crippen LogP contribution in [0.1, 0.15) is 0 Å². The van der Waals surface area contributed by atoms with Gasteiger partial charge in [0.05, 0.1) is 0 Å². The molecule has 0 aromatic heterocycles. The van der Waals surface area contributed by atoms with Crippen LogP contribution in [-0.4, -0.2) is 29.6 Å². The Bertz CT molecular complexity index is 11.6. The Labute approximate surface area is 143 Å². The van der Waals surface area contributed by atoms with Gasteiger partial charge < -0.3 is 0 Å². The molecule has 0 bridgehead atoms. The predicted molar refractivity (Wildman–Crippen MR) is 8.26 cm³/mol. The molecule has 0 spiro atoms. The zero-order valence-electron chi connectivity index (χ0n) is 1.51. The summed E-state index contributed by atoms with van der Waals surface area (Å²) in [7, 11) is 0. The molecule has 0 aliphatic heterocycles. The van der Waals surface area contributed by atoms with Gasteiger partial charge in [0.15, 0.2) is 0 Å². The van der Waals surface area contributed by atoms with Gasteiger partial charge in [0.25, 0.3) is 0 Å². The second-order valence-electron chi connectivity index (χ2n) is 0. The molecule has 0 aliphatic rings. The first-order chi connectivity index (χ1) is 1.00. The third kappa shape index (κ3) is 17.7. The molecule has 0 saturated carbocycles.